The highest BCUT2D eigenvalue weighted by molar-refractivity contribution is 9.10. The van der Waals surface area contributed by atoms with E-state index in [9.17, 15) is 8.42 Å². The van der Waals surface area contributed by atoms with Gasteiger partial charge in [-0.15, -0.1) is 0 Å². The van der Waals surface area contributed by atoms with Gasteiger partial charge in [0.05, 0.1) is 17.9 Å². The molecule has 0 heterocycles. The lowest BCUT2D eigenvalue weighted by Gasteiger charge is -2.33. The number of benzene rings is 1. The Kier molecular flexibility index (Phi) is 5.03. The van der Waals surface area contributed by atoms with Crippen LogP contribution in [0.3, 0.4) is 0 Å². The average molecular weight is 350 g/mol. The first kappa shape index (κ1) is 16.5. The lowest BCUT2D eigenvalue weighted by Crippen LogP contribution is -2.43. The minimum Gasteiger partial charge on any atom is -0.497 e. The fourth-order valence-electron chi connectivity index (χ4n) is 1.96. The maximum Gasteiger partial charge on any atom is 0.154 e. The molecule has 1 aromatic carbocycles. The highest BCUT2D eigenvalue weighted by atomic mass is 79.9. The Balaban J connectivity index is 3.33. The molecule has 0 aromatic heterocycles. The molecule has 0 saturated carbocycles. The van der Waals surface area contributed by atoms with E-state index in [1.807, 2.05) is 18.2 Å². The van der Waals surface area contributed by atoms with E-state index in [2.05, 4.69) is 21.2 Å². The molecule has 1 rings (SSSR count). The van der Waals surface area contributed by atoms with Crippen LogP contribution in [-0.4, -0.2) is 33.6 Å². The molecular formula is C13H20BrNO3S. The zero-order chi connectivity index (χ0) is 14.8. The van der Waals surface area contributed by atoms with E-state index in [1.165, 1.54) is 6.26 Å². The van der Waals surface area contributed by atoms with Crippen molar-refractivity contribution in [1.82, 2.24) is 5.32 Å². The van der Waals surface area contributed by atoms with Crippen molar-refractivity contribution in [3.8, 4) is 5.75 Å². The second-order valence-corrected chi connectivity index (χ2v) is 8.44. The fraction of sp³-hybridized carbons (Fsp3) is 0.538. The van der Waals surface area contributed by atoms with Crippen LogP contribution >= 0.6 is 15.9 Å². The summed E-state index contributed by atoms with van der Waals surface area (Å²) in [5, 5.41) is 3.09. The van der Waals surface area contributed by atoms with Crippen LogP contribution in [0.25, 0.3) is 0 Å². The van der Waals surface area contributed by atoms with Crippen molar-refractivity contribution >= 4 is 25.8 Å². The van der Waals surface area contributed by atoms with Crippen LogP contribution in [0, 0.1) is 0 Å². The van der Waals surface area contributed by atoms with Crippen molar-refractivity contribution in [3.05, 3.63) is 28.2 Å². The van der Waals surface area contributed by atoms with Crippen LogP contribution in [0.15, 0.2) is 22.7 Å². The molecule has 0 spiro atoms. The summed E-state index contributed by atoms with van der Waals surface area (Å²) in [5.74, 6) is 0.725. The quantitative estimate of drug-likeness (QED) is 0.887. The van der Waals surface area contributed by atoms with Gasteiger partial charge in [0.2, 0.25) is 0 Å². The molecule has 108 valence electrons. The number of rotatable bonds is 5. The van der Waals surface area contributed by atoms with Gasteiger partial charge in [-0.1, -0.05) is 22.0 Å². The summed E-state index contributed by atoms with van der Waals surface area (Å²) >= 11 is 3.47. The van der Waals surface area contributed by atoms with Crippen LogP contribution < -0.4 is 10.1 Å². The second kappa shape index (κ2) is 5.81. The van der Waals surface area contributed by atoms with Gasteiger partial charge in [0.1, 0.15) is 5.75 Å². The number of nitrogens with one attached hydrogen (secondary N) is 1. The van der Waals surface area contributed by atoms with Gasteiger partial charge in [0.15, 0.2) is 9.84 Å². The first-order valence-corrected chi connectivity index (χ1v) is 8.54. The van der Waals surface area contributed by atoms with Gasteiger partial charge >= 0.3 is 0 Å². The molecule has 0 aliphatic carbocycles. The van der Waals surface area contributed by atoms with E-state index in [1.54, 1.807) is 28.0 Å². The summed E-state index contributed by atoms with van der Waals surface area (Å²) in [6.07, 6.45) is 1.26. The highest BCUT2D eigenvalue weighted by Gasteiger charge is 2.39. The van der Waals surface area contributed by atoms with E-state index in [-0.39, 0.29) is 6.04 Å². The van der Waals surface area contributed by atoms with E-state index in [0.717, 1.165) is 15.8 Å². The van der Waals surface area contributed by atoms with Crippen LogP contribution in [0.2, 0.25) is 0 Å². The largest absolute Gasteiger partial charge is 0.497 e. The van der Waals surface area contributed by atoms with Crippen molar-refractivity contribution in [3.63, 3.8) is 0 Å². The van der Waals surface area contributed by atoms with Gasteiger partial charge in [0, 0.05) is 10.7 Å². The molecule has 0 aliphatic heterocycles. The molecule has 0 amide bonds. The molecular weight excluding hydrogens is 330 g/mol. The molecule has 1 atom stereocenters. The Hall–Kier alpha value is -0.590. The third kappa shape index (κ3) is 3.30. The Bertz CT molecular complexity index is 555. The van der Waals surface area contributed by atoms with Crippen molar-refractivity contribution < 1.29 is 13.2 Å². The first-order valence-electron chi connectivity index (χ1n) is 5.85. The summed E-state index contributed by atoms with van der Waals surface area (Å²) in [4.78, 5) is 0. The van der Waals surface area contributed by atoms with Crippen LogP contribution in [-0.2, 0) is 9.84 Å². The second-order valence-electron chi connectivity index (χ2n) is 4.98. The lowest BCUT2D eigenvalue weighted by molar-refractivity contribution is 0.412. The lowest BCUT2D eigenvalue weighted by atomic mass is 9.95. The van der Waals surface area contributed by atoms with Crippen LogP contribution in [0.1, 0.15) is 25.5 Å². The minimum atomic E-state index is -3.21. The standard InChI is InChI=1S/C13H20BrNO3S/c1-13(2,19(5,16)17)12(15-3)10-7-6-9(18-4)8-11(10)14/h6-8,12,15H,1-5H3. The van der Waals surface area contributed by atoms with Crippen molar-refractivity contribution in [2.75, 3.05) is 20.4 Å². The van der Waals surface area contributed by atoms with E-state index < -0.39 is 14.6 Å². The first-order chi connectivity index (χ1) is 8.65. The summed E-state index contributed by atoms with van der Waals surface area (Å²) in [7, 11) is 0.144. The Morgan fingerprint density at radius 2 is 1.95 bits per heavy atom. The average Bonchev–Trinajstić information content (AvgIpc) is 2.30. The summed E-state index contributed by atoms with van der Waals surface area (Å²) in [5.41, 5.74) is 0.888. The van der Waals surface area contributed by atoms with Gasteiger partial charge in [-0.2, -0.15) is 0 Å². The van der Waals surface area contributed by atoms with Crippen molar-refractivity contribution in [1.29, 1.82) is 0 Å². The molecule has 0 radical (unpaired) electrons. The van der Waals surface area contributed by atoms with Gasteiger partial charge in [-0.3, -0.25) is 0 Å². The maximum absolute atomic E-state index is 12.0. The molecule has 0 aliphatic rings. The number of ether oxygens (including phenoxy) is 1. The third-order valence-electron chi connectivity index (χ3n) is 3.46. The summed E-state index contributed by atoms with van der Waals surface area (Å²) in [6.45, 7) is 3.44. The molecule has 1 aromatic rings. The number of sulfone groups is 1. The van der Waals surface area contributed by atoms with E-state index >= 15 is 0 Å². The Morgan fingerprint density at radius 1 is 1.37 bits per heavy atom. The van der Waals surface area contributed by atoms with Crippen LogP contribution in [0.5, 0.6) is 5.75 Å². The van der Waals surface area contributed by atoms with Crippen molar-refractivity contribution in [2.24, 2.45) is 0 Å². The fourth-order valence-corrected chi connectivity index (χ4v) is 3.22. The summed E-state index contributed by atoms with van der Waals surface area (Å²) < 4.78 is 29.0. The minimum absolute atomic E-state index is 0.317. The molecule has 0 bridgehead atoms. The molecule has 19 heavy (non-hydrogen) atoms. The van der Waals surface area contributed by atoms with Gasteiger partial charge in [0.25, 0.3) is 0 Å². The van der Waals surface area contributed by atoms with Gasteiger partial charge in [-0.25, -0.2) is 8.42 Å². The molecule has 0 saturated heterocycles. The molecule has 4 nitrogen and oxygen atoms in total. The maximum atomic E-state index is 12.0. The smallest absolute Gasteiger partial charge is 0.154 e. The van der Waals surface area contributed by atoms with Gasteiger partial charge in [-0.05, 0) is 38.6 Å². The van der Waals surface area contributed by atoms with E-state index in [0.29, 0.717) is 0 Å². The SMILES string of the molecule is CNC(c1ccc(OC)cc1Br)C(C)(C)S(C)(=O)=O. The number of hydrogen-bond acceptors (Lipinski definition) is 4. The normalized spacial score (nSPS) is 14.2. The molecule has 0 fully saturated rings. The van der Waals surface area contributed by atoms with E-state index in [4.69, 9.17) is 4.74 Å². The zero-order valence-corrected chi connectivity index (χ0v) is 14.2. The number of hydrogen-bond donors (Lipinski definition) is 1. The van der Waals surface area contributed by atoms with Gasteiger partial charge < -0.3 is 10.1 Å². The molecule has 1 N–H and O–H groups in total. The predicted octanol–water partition coefficient (Wildman–Crippen LogP) is 2.54. The third-order valence-corrected chi connectivity index (χ3v) is 6.29. The molecule has 6 heteroatoms. The Labute approximate surface area is 123 Å². The zero-order valence-electron chi connectivity index (χ0n) is 11.8. The highest BCUT2D eigenvalue weighted by Crippen LogP contribution is 2.36. The monoisotopic (exact) mass is 349 g/mol. The number of halogens is 1. The summed E-state index contributed by atoms with van der Waals surface area (Å²) in [6, 6.07) is 5.21. The molecule has 1 unspecified atom stereocenters. The number of methoxy groups -OCH3 is 1. The van der Waals surface area contributed by atoms with Crippen LogP contribution in [0.4, 0.5) is 0 Å². The predicted molar refractivity (Wildman–Crippen MR) is 81.4 cm³/mol. The topological polar surface area (TPSA) is 55.4 Å². The van der Waals surface area contributed by atoms with Crippen molar-refractivity contribution in [2.45, 2.75) is 24.6 Å². The Morgan fingerprint density at radius 3 is 2.32 bits per heavy atom.